The second-order valence-electron chi connectivity index (χ2n) is 7.11. The molecule has 1 aliphatic rings. The lowest BCUT2D eigenvalue weighted by atomic mass is 10.0. The molecule has 0 amide bonds. The topological polar surface area (TPSA) is 69.2 Å². The van der Waals surface area contributed by atoms with E-state index in [1.54, 1.807) is 16.4 Å². The summed E-state index contributed by atoms with van der Waals surface area (Å²) in [6, 6.07) is -0.0206. The molecule has 2 atom stereocenters. The Labute approximate surface area is 149 Å². The minimum Gasteiger partial charge on any atom is -0.396 e. The molecule has 1 aromatic rings. The van der Waals surface area contributed by atoms with Crippen molar-refractivity contribution >= 4 is 0 Å². The van der Waals surface area contributed by atoms with Crippen LogP contribution in [0.25, 0.3) is 0 Å². The zero-order valence-electron chi connectivity index (χ0n) is 15.7. The molecule has 1 aliphatic heterocycles. The number of unbranched alkanes of at least 4 members (excludes halogenated alkanes) is 6. The Kier molecular flexibility index (Phi) is 7.75. The van der Waals surface area contributed by atoms with Gasteiger partial charge in [-0.2, -0.15) is 0 Å². The molecule has 0 bridgehead atoms. The van der Waals surface area contributed by atoms with Gasteiger partial charge in [-0.05, 0) is 19.3 Å². The molecule has 1 N–H and O–H groups in total. The average molecular weight is 351 g/mol. The smallest absolute Gasteiger partial charge is 0.347 e. The Bertz CT molecular complexity index is 668. The lowest BCUT2D eigenvalue weighted by Gasteiger charge is -2.27. The fourth-order valence-corrected chi connectivity index (χ4v) is 3.62. The zero-order chi connectivity index (χ0) is 18.2. The summed E-state index contributed by atoms with van der Waals surface area (Å²) in [5.74, 6) is 0. The Hall–Kier alpha value is -1.56. The molecular formula is C19H33N3O3. The molecule has 0 fully saturated rings. The maximum atomic E-state index is 12.5. The standard InChI is InChI=1S/C19H33N3O3/c1-3-4-11-16-13-14-17(12-9-7-5-6-8-10-15-23)22-19(25)20(2)18(24)21(16)22/h13-14,16-17,23H,3-12,15H2,1-2H3. The molecule has 6 nitrogen and oxygen atoms in total. The minimum atomic E-state index is -0.205. The highest BCUT2D eigenvalue weighted by molar-refractivity contribution is 5.04. The molecule has 0 aliphatic carbocycles. The second-order valence-corrected chi connectivity index (χ2v) is 7.11. The third kappa shape index (κ3) is 4.75. The number of aliphatic hydroxyl groups is 1. The first-order valence-corrected chi connectivity index (χ1v) is 9.81. The maximum Gasteiger partial charge on any atom is 0.347 e. The first kappa shape index (κ1) is 19.8. The molecule has 0 radical (unpaired) electrons. The van der Waals surface area contributed by atoms with Gasteiger partial charge < -0.3 is 5.11 Å². The van der Waals surface area contributed by atoms with Crippen molar-refractivity contribution in [2.45, 2.75) is 83.2 Å². The van der Waals surface area contributed by atoms with Gasteiger partial charge in [-0.15, -0.1) is 0 Å². The molecule has 6 heteroatoms. The van der Waals surface area contributed by atoms with Gasteiger partial charge in [0.25, 0.3) is 0 Å². The molecule has 0 saturated carbocycles. The lowest BCUT2D eigenvalue weighted by molar-refractivity contribution is 0.282. The van der Waals surface area contributed by atoms with E-state index < -0.39 is 0 Å². The third-order valence-corrected chi connectivity index (χ3v) is 5.14. The number of aromatic nitrogens is 3. The molecule has 1 aromatic heterocycles. The predicted octanol–water partition coefficient (Wildman–Crippen LogP) is 2.91. The fourth-order valence-electron chi connectivity index (χ4n) is 3.62. The quantitative estimate of drug-likeness (QED) is 0.492. The van der Waals surface area contributed by atoms with E-state index in [0.717, 1.165) is 64.2 Å². The van der Waals surface area contributed by atoms with Gasteiger partial charge in [0.1, 0.15) is 0 Å². The summed E-state index contributed by atoms with van der Waals surface area (Å²) in [7, 11) is 1.57. The first-order valence-electron chi connectivity index (χ1n) is 9.81. The number of allylic oxidation sites excluding steroid dienone is 2. The van der Waals surface area contributed by atoms with E-state index in [0.29, 0.717) is 0 Å². The average Bonchev–Trinajstić information content (AvgIpc) is 2.85. The van der Waals surface area contributed by atoms with Crippen LogP contribution in [0.5, 0.6) is 0 Å². The maximum absolute atomic E-state index is 12.5. The van der Waals surface area contributed by atoms with Gasteiger partial charge in [-0.3, -0.25) is 0 Å². The summed E-state index contributed by atoms with van der Waals surface area (Å²) < 4.78 is 4.58. The highest BCUT2D eigenvalue weighted by Gasteiger charge is 2.27. The summed E-state index contributed by atoms with van der Waals surface area (Å²) in [6.45, 7) is 2.41. The monoisotopic (exact) mass is 351 g/mol. The van der Waals surface area contributed by atoms with Crippen molar-refractivity contribution in [3.63, 3.8) is 0 Å². The summed E-state index contributed by atoms with van der Waals surface area (Å²) in [4.78, 5) is 25.0. The molecular weight excluding hydrogens is 318 g/mol. The molecule has 2 rings (SSSR count). The van der Waals surface area contributed by atoms with E-state index >= 15 is 0 Å². The van der Waals surface area contributed by atoms with Gasteiger partial charge in [-0.25, -0.2) is 23.5 Å². The zero-order valence-corrected chi connectivity index (χ0v) is 15.7. The van der Waals surface area contributed by atoms with Crippen molar-refractivity contribution < 1.29 is 5.11 Å². The van der Waals surface area contributed by atoms with Crippen LogP contribution < -0.4 is 11.4 Å². The van der Waals surface area contributed by atoms with Crippen molar-refractivity contribution in [1.82, 2.24) is 13.9 Å². The molecule has 2 unspecified atom stereocenters. The Balaban J connectivity index is 2.01. The number of nitrogens with zero attached hydrogens (tertiary/aromatic N) is 3. The summed E-state index contributed by atoms with van der Waals surface area (Å²) in [5, 5.41) is 8.79. The van der Waals surface area contributed by atoms with Crippen molar-refractivity contribution in [2.24, 2.45) is 7.05 Å². The Morgan fingerprint density at radius 3 is 1.84 bits per heavy atom. The number of hydrogen-bond acceptors (Lipinski definition) is 3. The van der Waals surface area contributed by atoms with Gasteiger partial charge in [0.15, 0.2) is 0 Å². The van der Waals surface area contributed by atoms with Crippen LogP contribution in [0.1, 0.15) is 83.2 Å². The normalized spacial score (nSPS) is 19.3. The molecule has 142 valence electrons. The number of hydrogen-bond donors (Lipinski definition) is 1. The number of aliphatic hydroxyl groups excluding tert-OH is 1. The molecule has 0 saturated heterocycles. The van der Waals surface area contributed by atoms with Gasteiger partial charge in [-0.1, -0.05) is 64.0 Å². The van der Waals surface area contributed by atoms with Gasteiger partial charge in [0.2, 0.25) is 0 Å². The van der Waals surface area contributed by atoms with Crippen LogP contribution >= 0.6 is 0 Å². The summed E-state index contributed by atoms with van der Waals surface area (Å²) in [6.07, 6.45) is 14.6. The van der Waals surface area contributed by atoms with Crippen molar-refractivity contribution in [2.75, 3.05) is 6.61 Å². The van der Waals surface area contributed by atoms with Crippen LogP contribution in [0.4, 0.5) is 0 Å². The fraction of sp³-hybridized carbons (Fsp3) is 0.789. The Morgan fingerprint density at radius 1 is 0.840 bits per heavy atom. The third-order valence-electron chi connectivity index (χ3n) is 5.14. The van der Waals surface area contributed by atoms with Gasteiger partial charge >= 0.3 is 11.4 Å². The van der Waals surface area contributed by atoms with Gasteiger partial charge in [0.05, 0.1) is 12.1 Å². The Morgan fingerprint density at radius 2 is 1.32 bits per heavy atom. The molecule has 0 aromatic carbocycles. The number of rotatable bonds is 11. The van der Waals surface area contributed by atoms with E-state index in [4.69, 9.17) is 5.11 Å². The SMILES string of the molecule is CCCCC1C=CC(CCCCCCCCO)n2c(=O)n(C)c(=O)n21. The van der Waals surface area contributed by atoms with E-state index in [2.05, 4.69) is 19.1 Å². The summed E-state index contributed by atoms with van der Waals surface area (Å²) >= 11 is 0. The van der Waals surface area contributed by atoms with E-state index in [1.807, 2.05) is 0 Å². The van der Waals surface area contributed by atoms with Crippen molar-refractivity contribution in [3.05, 3.63) is 33.1 Å². The van der Waals surface area contributed by atoms with E-state index in [9.17, 15) is 9.59 Å². The highest BCUT2D eigenvalue weighted by atomic mass is 16.3. The largest absolute Gasteiger partial charge is 0.396 e. The van der Waals surface area contributed by atoms with Crippen molar-refractivity contribution in [1.29, 1.82) is 0 Å². The summed E-state index contributed by atoms with van der Waals surface area (Å²) in [5.41, 5.74) is -0.409. The van der Waals surface area contributed by atoms with E-state index in [-0.39, 0.29) is 30.1 Å². The van der Waals surface area contributed by atoms with Crippen LogP contribution in [-0.4, -0.2) is 25.6 Å². The predicted molar refractivity (Wildman–Crippen MR) is 100 cm³/mol. The molecule has 0 spiro atoms. The molecule has 25 heavy (non-hydrogen) atoms. The first-order chi connectivity index (χ1) is 12.1. The van der Waals surface area contributed by atoms with Crippen LogP contribution in [0.2, 0.25) is 0 Å². The second kappa shape index (κ2) is 9.80. The van der Waals surface area contributed by atoms with Crippen molar-refractivity contribution in [3.8, 4) is 0 Å². The highest BCUT2D eigenvalue weighted by Crippen LogP contribution is 2.26. The minimum absolute atomic E-state index is 0.00363. The van der Waals surface area contributed by atoms with Crippen LogP contribution in [0.15, 0.2) is 21.7 Å². The number of fused-ring (bicyclic) bond motifs is 1. The van der Waals surface area contributed by atoms with E-state index in [1.165, 1.54) is 4.57 Å². The van der Waals surface area contributed by atoms with Crippen LogP contribution in [0.3, 0.4) is 0 Å². The van der Waals surface area contributed by atoms with Gasteiger partial charge in [0, 0.05) is 13.7 Å². The lowest BCUT2D eigenvalue weighted by Crippen LogP contribution is -2.35. The van der Waals surface area contributed by atoms with Crippen LogP contribution in [0, 0.1) is 0 Å². The van der Waals surface area contributed by atoms with Crippen LogP contribution in [-0.2, 0) is 7.05 Å². The molecule has 2 heterocycles.